The van der Waals surface area contributed by atoms with Crippen molar-refractivity contribution in [2.45, 2.75) is 13.5 Å². The Labute approximate surface area is 128 Å². The van der Waals surface area contributed by atoms with Crippen LogP contribution in [-0.4, -0.2) is 17.7 Å². The first kappa shape index (κ1) is 15.3. The Morgan fingerprint density at radius 1 is 1.29 bits per heavy atom. The molecule has 0 unspecified atom stereocenters. The number of thiocarbonyl (C=S) groups is 1. The molecule has 3 nitrogen and oxygen atoms in total. The van der Waals surface area contributed by atoms with Crippen LogP contribution >= 0.6 is 12.2 Å². The fourth-order valence-corrected chi connectivity index (χ4v) is 2.25. The summed E-state index contributed by atoms with van der Waals surface area (Å²) in [5, 5.41) is 9.45. The number of hydrogen-bond donors (Lipinski definition) is 1. The van der Waals surface area contributed by atoms with E-state index in [4.69, 9.17) is 17.0 Å². The molecular formula is C16H16FNO2S. The Hall–Kier alpha value is -2.14. The summed E-state index contributed by atoms with van der Waals surface area (Å²) >= 11 is 5.07. The zero-order valence-corrected chi connectivity index (χ0v) is 12.7. The number of hydrogen-bond acceptors (Lipinski definition) is 3. The normalized spacial score (nSPS) is 10.2. The van der Waals surface area contributed by atoms with Crippen molar-refractivity contribution in [3.8, 4) is 11.5 Å². The lowest BCUT2D eigenvalue weighted by Gasteiger charge is -2.22. The maximum absolute atomic E-state index is 13.1. The summed E-state index contributed by atoms with van der Waals surface area (Å²) in [5.41, 5.74) is 4.17. The molecule has 0 aliphatic rings. The van der Waals surface area contributed by atoms with Gasteiger partial charge in [0.15, 0.2) is 11.6 Å². The molecule has 0 saturated carbocycles. The van der Waals surface area contributed by atoms with Crippen molar-refractivity contribution in [3.05, 3.63) is 53.3 Å². The van der Waals surface area contributed by atoms with Gasteiger partial charge in [-0.2, -0.15) is 0 Å². The maximum Gasteiger partial charge on any atom is 0.164 e. The highest BCUT2D eigenvalue weighted by Crippen LogP contribution is 2.30. The molecule has 0 amide bonds. The number of phenols is 1. The SMILES string of the molecule is COc1ccc(C)cc1N(C=S)Cc1ccc(F)c(O)c1. The molecule has 2 rings (SSSR count). The van der Waals surface area contributed by atoms with Crippen LogP contribution in [0.2, 0.25) is 0 Å². The van der Waals surface area contributed by atoms with Gasteiger partial charge in [0.2, 0.25) is 0 Å². The second-order valence-corrected chi connectivity index (χ2v) is 4.91. The summed E-state index contributed by atoms with van der Waals surface area (Å²) in [5.74, 6) is -0.304. The van der Waals surface area contributed by atoms with E-state index in [2.05, 4.69) is 0 Å². The average molecular weight is 305 g/mol. The molecule has 0 aromatic heterocycles. The summed E-state index contributed by atoms with van der Waals surface area (Å²) in [7, 11) is 1.60. The van der Waals surface area contributed by atoms with Crippen molar-refractivity contribution in [2.24, 2.45) is 0 Å². The second-order valence-electron chi connectivity index (χ2n) is 4.69. The van der Waals surface area contributed by atoms with Crippen molar-refractivity contribution >= 4 is 23.4 Å². The van der Waals surface area contributed by atoms with Gasteiger partial charge in [0.05, 0.1) is 18.3 Å². The minimum atomic E-state index is -0.638. The fraction of sp³-hybridized carbons (Fsp3) is 0.188. The number of anilines is 1. The van der Waals surface area contributed by atoms with Gasteiger partial charge >= 0.3 is 0 Å². The van der Waals surface area contributed by atoms with E-state index in [0.717, 1.165) is 16.8 Å². The van der Waals surface area contributed by atoms with E-state index in [-0.39, 0.29) is 5.75 Å². The lowest BCUT2D eigenvalue weighted by molar-refractivity contribution is 0.415. The molecule has 0 spiro atoms. The first-order valence-corrected chi connectivity index (χ1v) is 6.86. The smallest absolute Gasteiger partial charge is 0.164 e. The molecule has 2 aromatic rings. The van der Waals surface area contributed by atoms with E-state index < -0.39 is 5.82 Å². The highest BCUT2D eigenvalue weighted by Gasteiger charge is 2.12. The van der Waals surface area contributed by atoms with E-state index in [0.29, 0.717) is 12.3 Å². The summed E-state index contributed by atoms with van der Waals surface area (Å²) in [6, 6.07) is 10.0. The van der Waals surface area contributed by atoms with Crippen LogP contribution in [0.15, 0.2) is 36.4 Å². The first-order valence-electron chi connectivity index (χ1n) is 6.39. The molecule has 1 N–H and O–H groups in total. The Bertz CT molecular complexity index is 661. The van der Waals surface area contributed by atoms with E-state index in [1.807, 2.05) is 30.0 Å². The van der Waals surface area contributed by atoms with Crippen molar-refractivity contribution in [1.29, 1.82) is 0 Å². The molecule has 0 aliphatic heterocycles. The predicted molar refractivity (Wildman–Crippen MR) is 85.6 cm³/mol. The lowest BCUT2D eigenvalue weighted by Crippen LogP contribution is -2.20. The minimum Gasteiger partial charge on any atom is -0.505 e. The number of aromatic hydroxyl groups is 1. The Morgan fingerprint density at radius 3 is 2.67 bits per heavy atom. The molecule has 0 aliphatic carbocycles. The van der Waals surface area contributed by atoms with E-state index in [1.165, 1.54) is 17.6 Å². The van der Waals surface area contributed by atoms with Crippen molar-refractivity contribution in [3.63, 3.8) is 0 Å². The molecular weight excluding hydrogens is 289 g/mol. The zero-order chi connectivity index (χ0) is 15.4. The highest BCUT2D eigenvalue weighted by molar-refractivity contribution is 7.79. The maximum atomic E-state index is 13.1. The number of phenolic OH excluding ortho intramolecular Hbond substituents is 1. The number of halogens is 1. The van der Waals surface area contributed by atoms with Crippen LogP contribution in [0.1, 0.15) is 11.1 Å². The van der Waals surface area contributed by atoms with Crippen molar-refractivity contribution in [1.82, 2.24) is 0 Å². The minimum absolute atomic E-state index is 0.368. The van der Waals surface area contributed by atoms with Gasteiger partial charge in [-0.15, -0.1) is 0 Å². The van der Waals surface area contributed by atoms with Gasteiger partial charge in [-0.1, -0.05) is 24.4 Å². The summed E-state index contributed by atoms with van der Waals surface area (Å²) in [4.78, 5) is 1.81. The monoisotopic (exact) mass is 305 g/mol. The quantitative estimate of drug-likeness (QED) is 0.851. The summed E-state index contributed by atoms with van der Waals surface area (Å²) < 4.78 is 18.4. The molecule has 110 valence electrons. The topological polar surface area (TPSA) is 32.7 Å². The van der Waals surface area contributed by atoms with Gasteiger partial charge in [0, 0.05) is 6.54 Å². The van der Waals surface area contributed by atoms with Crippen molar-refractivity contribution < 1.29 is 14.2 Å². The molecule has 0 atom stereocenters. The Kier molecular flexibility index (Phi) is 4.75. The van der Waals surface area contributed by atoms with Crippen LogP contribution in [0.4, 0.5) is 10.1 Å². The van der Waals surface area contributed by atoms with Gasteiger partial charge < -0.3 is 14.7 Å². The Balaban J connectivity index is 2.33. The molecule has 0 bridgehead atoms. The third-order valence-corrected chi connectivity index (χ3v) is 3.39. The lowest BCUT2D eigenvalue weighted by atomic mass is 10.1. The number of ether oxygens (including phenoxy) is 1. The number of methoxy groups -OCH3 is 1. The van der Waals surface area contributed by atoms with Crippen LogP contribution in [-0.2, 0) is 6.54 Å². The van der Waals surface area contributed by atoms with Gasteiger partial charge in [-0.25, -0.2) is 4.39 Å². The van der Waals surface area contributed by atoms with E-state index in [9.17, 15) is 9.50 Å². The number of benzene rings is 2. The largest absolute Gasteiger partial charge is 0.505 e. The second kappa shape index (κ2) is 6.54. The highest BCUT2D eigenvalue weighted by atomic mass is 32.1. The van der Waals surface area contributed by atoms with Crippen LogP contribution in [0.5, 0.6) is 11.5 Å². The van der Waals surface area contributed by atoms with Gasteiger partial charge in [-0.05, 0) is 42.3 Å². The fourth-order valence-electron chi connectivity index (χ4n) is 2.06. The van der Waals surface area contributed by atoms with Gasteiger partial charge in [-0.3, -0.25) is 0 Å². The van der Waals surface area contributed by atoms with Gasteiger partial charge in [0.25, 0.3) is 0 Å². The Morgan fingerprint density at radius 2 is 2.05 bits per heavy atom. The van der Waals surface area contributed by atoms with Crippen LogP contribution in [0, 0.1) is 12.7 Å². The van der Waals surface area contributed by atoms with Crippen LogP contribution < -0.4 is 9.64 Å². The average Bonchev–Trinajstić information content (AvgIpc) is 2.48. The molecule has 0 saturated heterocycles. The predicted octanol–water partition coefficient (Wildman–Crippen LogP) is 3.81. The third kappa shape index (κ3) is 3.49. The summed E-state index contributed by atoms with van der Waals surface area (Å²) in [6.45, 7) is 2.39. The number of nitrogens with zero attached hydrogens (tertiary/aromatic N) is 1. The molecule has 5 heteroatoms. The first-order chi connectivity index (χ1) is 10.0. The van der Waals surface area contributed by atoms with Crippen molar-refractivity contribution in [2.75, 3.05) is 12.0 Å². The molecule has 0 heterocycles. The molecule has 2 aromatic carbocycles. The molecule has 21 heavy (non-hydrogen) atoms. The molecule has 0 fully saturated rings. The molecule has 0 radical (unpaired) electrons. The zero-order valence-electron chi connectivity index (χ0n) is 11.8. The van der Waals surface area contributed by atoms with E-state index >= 15 is 0 Å². The van der Waals surface area contributed by atoms with E-state index in [1.54, 1.807) is 13.2 Å². The standard InChI is InChI=1S/C16H16FNO2S/c1-11-3-6-16(20-2)14(7-11)18(10-21)9-12-4-5-13(17)15(19)8-12/h3-8,10,19H,9H2,1-2H3. The van der Waals surface area contributed by atoms with Crippen LogP contribution in [0.25, 0.3) is 0 Å². The van der Waals surface area contributed by atoms with Gasteiger partial charge in [0.1, 0.15) is 5.75 Å². The summed E-state index contributed by atoms with van der Waals surface area (Å²) in [6.07, 6.45) is 0. The third-order valence-electron chi connectivity index (χ3n) is 3.13. The number of rotatable bonds is 5. The van der Waals surface area contributed by atoms with Crippen LogP contribution in [0.3, 0.4) is 0 Å². The number of aryl methyl sites for hydroxylation is 1.